The minimum Gasteiger partial charge on any atom is -0.394 e. The van der Waals surface area contributed by atoms with Gasteiger partial charge >= 0.3 is 8.56 Å². The highest BCUT2D eigenvalue weighted by Gasteiger charge is 2.33. The minimum absolute atomic E-state index is 0.628. The van der Waals surface area contributed by atoms with Gasteiger partial charge in [0, 0.05) is 11.6 Å². The van der Waals surface area contributed by atoms with Crippen LogP contribution in [-0.4, -0.2) is 15.2 Å². The van der Waals surface area contributed by atoms with E-state index in [1.54, 1.807) is 0 Å². The Morgan fingerprint density at radius 2 is 1.14 bits per heavy atom. The maximum Gasteiger partial charge on any atom is 0.337 e. The first-order chi connectivity index (χ1) is 14.2. The Morgan fingerprint density at radius 1 is 0.655 bits per heavy atom. The molecular weight excluding hydrogens is 396 g/mol. The van der Waals surface area contributed by atoms with Crippen molar-refractivity contribution in [2.24, 2.45) is 0 Å². The lowest BCUT2D eigenvalue weighted by molar-refractivity contribution is 0.158. The van der Waals surface area contributed by atoms with Gasteiger partial charge < -0.3 is 8.85 Å². The van der Waals surface area contributed by atoms with Crippen LogP contribution in [0.25, 0.3) is 0 Å². The first-order valence-corrected chi connectivity index (χ1v) is 14.8. The summed E-state index contributed by atoms with van der Waals surface area (Å²) in [7, 11) is -2.07. The molecule has 1 rings (SSSR count). The largest absolute Gasteiger partial charge is 0.394 e. The molecule has 0 radical (unpaired) electrons. The summed E-state index contributed by atoms with van der Waals surface area (Å²) in [5.41, 5.74) is 1.17. The van der Waals surface area contributed by atoms with Gasteiger partial charge in [-0.2, -0.15) is 0 Å². The van der Waals surface area contributed by atoms with Crippen molar-refractivity contribution in [3.8, 4) is 0 Å². The summed E-state index contributed by atoms with van der Waals surface area (Å²) < 4.78 is 12.7. The van der Waals surface area contributed by atoms with Crippen molar-refractivity contribution in [2.45, 2.75) is 117 Å². The highest BCUT2D eigenvalue weighted by atomic mass is 35.5. The van der Waals surface area contributed by atoms with Crippen LogP contribution in [-0.2, 0) is 15.5 Å². The minimum atomic E-state index is -2.07. The van der Waals surface area contributed by atoms with E-state index >= 15 is 0 Å². The zero-order chi connectivity index (χ0) is 21.2. The molecule has 29 heavy (non-hydrogen) atoms. The second kappa shape index (κ2) is 17.3. The standard InChI is InChI=1S/C25H45ClO2Si/c1-4-7-8-9-10-11-12-13-14-15-16-17-22-27-29(5-2,6-3)28-23-24-18-20-25(26)21-19-24/h18-21H,4-17,22-23H2,1-3H3. The Labute approximate surface area is 187 Å². The lowest BCUT2D eigenvalue weighted by atomic mass is 10.1. The van der Waals surface area contributed by atoms with Gasteiger partial charge in [-0.3, -0.25) is 0 Å². The van der Waals surface area contributed by atoms with Gasteiger partial charge in [0.15, 0.2) is 0 Å². The Balaban J connectivity index is 2.08. The van der Waals surface area contributed by atoms with Crippen molar-refractivity contribution in [1.29, 1.82) is 0 Å². The van der Waals surface area contributed by atoms with Gasteiger partial charge in [0.1, 0.15) is 0 Å². The number of halogens is 1. The fourth-order valence-corrected chi connectivity index (χ4v) is 6.17. The van der Waals surface area contributed by atoms with Gasteiger partial charge in [-0.25, -0.2) is 0 Å². The van der Waals surface area contributed by atoms with Crippen LogP contribution in [0.15, 0.2) is 24.3 Å². The highest BCUT2D eigenvalue weighted by Crippen LogP contribution is 2.22. The van der Waals surface area contributed by atoms with Crippen LogP contribution in [0.2, 0.25) is 17.1 Å². The molecule has 0 aromatic heterocycles. The van der Waals surface area contributed by atoms with E-state index in [4.69, 9.17) is 20.5 Å². The Kier molecular flexibility index (Phi) is 16.0. The predicted octanol–water partition coefficient (Wildman–Crippen LogP) is 9.06. The maximum atomic E-state index is 6.36. The predicted molar refractivity (Wildman–Crippen MR) is 130 cm³/mol. The number of rotatable bonds is 19. The average molecular weight is 441 g/mol. The smallest absolute Gasteiger partial charge is 0.337 e. The molecule has 0 fully saturated rings. The molecule has 0 unspecified atom stereocenters. The number of benzene rings is 1. The summed E-state index contributed by atoms with van der Waals surface area (Å²) in [4.78, 5) is 0. The van der Waals surface area contributed by atoms with Crippen LogP contribution in [0.4, 0.5) is 0 Å². The molecule has 0 bridgehead atoms. The Morgan fingerprint density at radius 3 is 1.62 bits per heavy atom. The summed E-state index contributed by atoms with van der Waals surface area (Å²) in [5.74, 6) is 0. The van der Waals surface area contributed by atoms with Gasteiger partial charge in [-0.1, -0.05) is 115 Å². The highest BCUT2D eigenvalue weighted by molar-refractivity contribution is 6.67. The molecule has 0 amide bonds. The average Bonchev–Trinajstić information content (AvgIpc) is 2.75. The van der Waals surface area contributed by atoms with E-state index in [0.29, 0.717) is 6.61 Å². The second-order valence-electron chi connectivity index (χ2n) is 8.27. The molecule has 168 valence electrons. The van der Waals surface area contributed by atoms with Crippen LogP contribution < -0.4 is 0 Å². The summed E-state index contributed by atoms with van der Waals surface area (Å²) in [6, 6.07) is 9.95. The molecule has 0 saturated heterocycles. The monoisotopic (exact) mass is 440 g/mol. The fraction of sp³-hybridized carbons (Fsp3) is 0.760. The number of hydrogen-bond donors (Lipinski definition) is 0. The maximum absolute atomic E-state index is 6.36. The zero-order valence-corrected chi connectivity index (χ0v) is 21.1. The van der Waals surface area contributed by atoms with Gasteiger partial charge in [0.25, 0.3) is 0 Å². The lowest BCUT2D eigenvalue weighted by Crippen LogP contribution is -2.40. The third-order valence-electron chi connectivity index (χ3n) is 5.86. The van der Waals surface area contributed by atoms with Gasteiger partial charge in [-0.05, 0) is 36.2 Å². The quantitative estimate of drug-likeness (QED) is 0.158. The van der Waals surface area contributed by atoms with Crippen molar-refractivity contribution in [3.05, 3.63) is 34.9 Å². The third kappa shape index (κ3) is 12.8. The third-order valence-corrected chi connectivity index (χ3v) is 9.66. The van der Waals surface area contributed by atoms with E-state index in [2.05, 4.69) is 20.8 Å². The van der Waals surface area contributed by atoms with E-state index in [1.807, 2.05) is 24.3 Å². The van der Waals surface area contributed by atoms with E-state index in [1.165, 1.54) is 76.2 Å². The Hall–Kier alpha value is -0.353. The van der Waals surface area contributed by atoms with Crippen molar-refractivity contribution >= 4 is 20.2 Å². The molecule has 0 saturated carbocycles. The number of hydrogen-bond acceptors (Lipinski definition) is 2. The molecule has 1 aromatic carbocycles. The molecule has 0 aliphatic carbocycles. The second-order valence-corrected chi connectivity index (χ2v) is 12.5. The molecule has 0 heterocycles. The lowest BCUT2D eigenvalue weighted by Gasteiger charge is -2.29. The fourth-order valence-electron chi connectivity index (χ4n) is 3.70. The summed E-state index contributed by atoms with van der Waals surface area (Å²) in [6.07, 6.45) is 16.5. The molecule has 0 spiro atoms. The first kappa shape index (κ1) is 26.7. The normalized spacial score (nSPS) is 11.9. The zero-order valence-electron chi connectivity index (χ0n) is 19.3. The van der Waals surface area contributed by atoms with Crippen LogP contribution >= 0.6 is 11.6 Å². The van der Waals surface area contributed by atoms with E-state index in [9.17, 15) is 0 Å². The summed E-state index contributed by atoms with van der Waals surface area (Å²) in [6.45, 7) is 8.18. The molecule has 0 aliphatic heterocycles. The molecular formula is C25H45ClO2Si. The van der Waals surface area contributed by atoms with Gasteiger partial charge in [0.2, 0.25) is 0 Å². The molecule has 0 aliphatic rings. The van der Waals surface area contributed by atoms with Crippen LogP contribution in [0, 0.1) is 0 Å². The van der Waals surface area contributed by atoms with E-state index in [0.717, 1.165) is 30.1 Å². The van der Waals surface area contributed by atoms with E-state index < -0.39 is 8.56 Å². The van der Waals surface area contributed by atoms with Crippen molar-refractivity contribution in [2.75, 3.05) is 6.61 Å². The molecule has 2 nitrogen and oxygen atoms in total. The molecule has 4 heteroatoms. The van der Waals surface area contributed by atoms with Crippen molar-refractivity contribution in [1.82, 2.24) is 0 Å². The van der Waals surface area contributed by atoms with Gasteiger partial charge in [0.05, 0.1) is 6.61 Å². The van der Waals surface area contributed by atoms with E-state index in [-0.39, 0.29) is 0 Å². The molecule has 0 N–H and O–H groups in total. The Bertz CT molecular complexity index is 488. The van der Waals surface area contributed by atoms with Crippen molar-refractivity contribution in [3.63, 3.8) is 0 Å². The topological polar surface area (TPSA) is 18.5 Å². The van der Waals surface area contributed by atoms with Crippen LogP contribution in [0.5, 0.6) is 0 Å². The summed E-state index contributed by atoms with van der Waals surface area (Å²) in [5, 5.41) is 0.770. The van der Waals surface area contributed by atoms with Gasteiger partial charge in [-0.15, -0.1) is 0 Å². The first-order valence-electron chi connectivity index (χ1n) is 12.2. The molecule has 0 atom stereocenters. The summed E-state index contributed by atoms with van der Waals surface area (Å²) >= 11 is 5.97. The van der Waals surface area contributed by atoms with Crippen LogP contribution in [0.3, 0.4) is 0 Å². The van der Waals surface area contributed by atoms with Crippen LogP contribution in [0.1, 0.15) is 103 Å². The number of unbranched alkanes of at least 4 members (excludes halogenated alkanes) is 11. The van der Waals surface area contributed by atoms with Crippen molar-refractivity contribution < 1.29 is 8.85 Å². The SMILES string of the molecule is CCCCCCCCCCCCCCO[Si](CC)(CC)OCc1ccc(Cl)cc1. The molecule has 1 aromatic rings.